The summed E-state index contributed by atoms with van der Waals surface area (Å²) in [6, 6.07) is 0.565. The van der Waals surface area contributed by atoms with Crippen molar-refractivity contribution < 1.29 is 0 Å². The van der Waals surface area contributed by atoms with E-state index in [1.165, 1.54) is 12.8 Å². The lowest BCUT2D eigenvalue weighted by atomic mass is 10.3. The van der Waals surface area contributed by atoms with Gasteiger partial charge in [0.15, 0.2) is 0 Å². The van der Waals surface area contributed by atoms with Gasteiger partial charge in [-0.3, -0.25) is 0 Å². The Kier molecular flexibility index (Phi) is 2.62. The molecule has 2 atom stereocenters. The van der Waals surface area contributed by atoms with Crippen molar-refractivity contribution in [3.63, 3.8) is 0 Å². The highest BCUT2D eigenvalue weighted by atomic mass is 35.5. The Morgan fingerprint density at radius 2 is 2.14 bits per heavy atom. The molecule has 0 saturated heterocycles. The van der Waals surface area contributed by atoms with Gasteiger partial charge in [0.1, 0.15) is 0 Å². The second-order valence-corrected chi connectivity index (χ2v) is 2.07. The molecule has 2 heteroatoms. The fourth-order valence-corrected chi connectivity index (χ4v) is 0.740. The smallest absolute Gasteiger partial charge is 0.00708 e. The molecule has 2 N–H and O–H groups in total. The highest BCUT2D eigenvalue weighted by Gasteiger charge is 2.30. The van der Waals surface area contributed by atoms with Crippen molar-refractivity contribution in [1.29, 1.82) is 0 Å². The molecule has 0 spiro atoms. The molecule has 1 rings (SSSR count). The molecule has 1 fully saturated rings. The number of nitrogens with two attached hydrogens (primary N) is 1. The first kappa shape index (κ1) is 7.25. The van der Waals surface area contributed by atoms with Gasteiger partial charge in [-0.25, -0.2) is 0 Å². The Labute approximate surface area is 50.7 Å². The van der Waals surface area contributed by atoms with Crippen LogP contribution >= 0.6 is 12.4 Å². The minimum atomic E-state index is 0. The second-order valence-electron chi connectivity index (χ2n) is 2.07. The number of rotatable bonds is 1. The number of hydrogen-bond donors (Lipinski definition) is 1. The summed E-state index contributed by atoms with van der Waals surface area (Å²) in [5.74, 6) is 0.880. The van der Waals surface area contributed by atoms with Gasteiger partial charge in [-0.05, 0) is 12.3 Å². The van der Waals surface area contributed by atoms with Gasteiger partial charge in [0.05, 0.1) is 0 Å². The molecule has 7 heavy (non-hydrogen) atoms. The van der Waals surface area contributed by atoms with Crippen molar-refractivity contribution in [3.8, 4) is 0 Å². The van der Waals surface area contributed by atoms with Gasteiger partial charge >= 0.3 is 0 Å². The van der Waals surface area contributed by atoms with E-state index in [4.69, 9.17) is 5.73 Å². The van der Waals surface area contributed by atoms with Crippen LogP contribution in [-0.4, -0.2) is 6.04 Å². The lowest BCUT2D eigenvalue weighted by Crippen LogP contribution is -2.00. The molecule has 1 aliphatic rings. The van der Waals surface area contributed by atoms with Crippen LogP contribution in [0.4, 0.5) is 0 Å². The molecule has 0 bridgehead atoms. The van der Waals surface area contributed by atoms with Gasteiger partial charge in [-0.2, -0.15) is 0 Å². The van der Waals surface area contributed by atoms with Crippen molar-refractivity contribution in [1.82, 2.24) is 0 Å². The molecule has 1 saturated carbocycles. The number of halogens is 1. The highest BCUT2D eigenvalue weighted by Crippen LogP contribution is 2.30. The fourth-order valence-electron chi connectivity index (χ4n) is 0.740. The average molecular weight is 122 g/mol. The van der Waals surface area contributed by atoms with E-state index in [-0.39, 0.29) is 12.4 Å². The van der Waals surface area contributed by atoms with Crippen molar-refractivity contribution >= 4 is 12.4 Å². The maximum Gasteiger partial charge on any atom is 0.00708 e. The van der Waals surface area contributed by atoms with Crippen LogP contribution < -0.4 is 5.73 Å². The first-order valence-corrected chi connectivity index (χ1v) is 2.60. The SMILES string of the molecule is CC[C@@H]1C[C@H]1N.Cl. The largest absolute Gasteiger partial charge is 0.327 e. The summed E-state index contributed by atoms with van der Waals surface area (Å²) in [5.41, 5.74) is 5.48. The van der Waals surface area contributed by atoms with Gasteiger partial charge in [0.25, 0.3) is 0 Å². The number of hydrogen-bond acceptors (Lipinski definition) is 1. The third kappa shape index (κ3) is 1.66. The summed E-state index contributed by atoms with van der Waals surface area (Å²) in [4.78, 5) is 0. The van der Waals surface area contributed by atoms with E-state index < -0.39 is 0 Å². The lowest BCUT2D eigenvalue weighted by molar-refractivity contribution is 0.759. The summed E-state index contributed by atoms with van der Waals surface area (Å²) in [6.45, 7) is 2.19. The summed E-state index contributed by atoms with van der Waals surface area (Å²) >= 11 is 0. The normalized spacial score (nSPS) is 36.9. The second kappa shape index (κ2) is 2.53. The maximum atomic E-state index is 5.48. The van der Waals surface area contributed by atoms with Crippen molar-refractivity contribution in [2.24, 2.45) is 11.7 Å². The summed E-state index contributed by atoms with van der Waals surface area (Å²) in [5, 5.41) is 0. The van der Waals surface area contributed by atoms with Crippen molar-refractivity contribution in [3.05, 3.63) is 0 Å². The minimum Gasteiger partial charge on any atom is -0.327 e. The van der Waals surface area contributed by atoms with Gasteiger partial charge in [-0.15, -0.1) is 12.4 Å². The molecule has 0 unspecified atom stereocenters. The van der Waals surface area contributed by atoms with Crippen molar-refractivity contribution in [2.75, 3.05) is 0 Å². The van der Waals surface area contributed by atoms with Gasteiger partial charge in [-0.1, -0.05) is 13.3 Å². The third-order valence-corrected chi connectivity index (χ3v) is 1.50. The molecule has 0 heterocycles. The van der Waals surface area contributed by atoms with E-state index in [2.05, 4.69) is 6.92 Å². The third-order valence-electron chi connectivity index (χ3n) is 1.50. The molecule has 0 aromatic rings. The zero-order valence-corrected chi connectivity index (χ0v) is 5.37. The predicted octanol–water partition coefficient (Wildman–Crippen LogP) is 1.17. The molecule has 44 valence electrons. The van der Waals surface area contributed by atoms with Crippen LogP contribution in [0.25, 0.3) is 0 Å². The molecule has 1 nitrogen and oxygen atoms in total. The highest BCUT2D eigenvalue weighted by molar-refractivity contribution is 5.85. The van der Waals surface area contributed by atoms with Gasteiger partial charge in [0, 0.05) is 6.04 Å². The van der Waals surface area contributed by atoms with E-state index in [0.717, 1.165) is 5.92 Å². The summed E-state index contributed by atoms with van der Waals surface area (Å²) in [7, 11) is 0. The zero-order valence-electron chi connectivity index (χ0n) is 4.55. The van der Waals surface area contributed by atoms with E-state index in [9.17, 15) is 0 Å². The Morgan fingerprint density at radius 1 is 1.71 bits per heavy atom. The Hall–Kier alpha value is 0.250. The molecular formula is C5H12ClN. The molecule has 1 aliphatic carbocycles. The molecule has 0 amide bonds. The Bertz CT molecular complexity index is 54.0. The first-order chi connectivity index (χ1) is 2.84. The first-order valence-electron chi connectivity index (χ1n) is 2.60. The average Bonchev–Trinajstić information content (AvgIpc) is 2.19. The maximum absolute atomic E-state index is 5.48. The van der Waals surface area contributed by atoms with Crippen molar-refractivity contribution in [2.45, 2.75) is 25.8 Å². The fraction of sp³-hybridized carbons (Fsp3) is 1.00. The van der Waals surface area contributed by atoms with Gasteiger partial charge < -0.3 is 5.73 Å². The minimum absolute atomic E-state index is 0. The monoisotopic (exact) mass is 121 g/mol. The van der Waals surface area contributed by atoms with Crippen LogP contribution in [0, 0.1) is 5.92 Å². The molecule has 0 aliphatic heterocycles. The zero-order chi connectivity index (χ0) is 4.57. The summed E-state index contributed by atoms with van der Waals surface area (Å²) < 4.78 is 0. The van der Waals surface area contributed by atoms with Crippen LogP contribution in [0.3, 0.4) is 0 Å². The van der Waals surface area contributed by atoms with E-state index >= 15 is 0 Å². The van der Waals surface area contributed by atoms with Crippen LogP contribution in [0.15, 0.2) is 0 Å². The Balaban J connectivity index is 0.000000360. The van der Waals surface area contributed by atoms with Crippen LogP contribution in [0.1, 0.15) is 19.8 Å². The topological polar surface area (TPSA) is 26.0 Å². The van der Waals surface area contributed by atoms with Crippen LogP contribution in [0.5, 0.6) is 0 Å². The molecule has 0 aromatic carbocycles. The molecule has 0 radical (unpaired) electrons. The Morgan fingerprint density at radius 3 is 2.14 bits per heavy atom. The lowest BCUT2D eigenvalue weighted by Gasteiger charge is -1.79. The quantitative estimate of drug-likeness (QED) is 0.554. The van der Waals surface area contributed by atoms with Gasteiger partial charge in [0.2, 0.25) is 0 Å². The van der Waals surface area contributed by atoms with E-state index in [1.807, 2.05) is 0 Å². The van der Waals surface area contributed by atoms with Crippen LogP contribution in [-0.2, 0) is 0 Å². The van der Waals surface area contributed by atoms with Crippen LogP contribution in [0.2, 0.25) is 0 Å². The predicted molar refractivity (Wildman–Crippen MR) is 33.6 cm³/mol. The molecule has 0 aromatic heterocycles. The standard InChI is InChI=1S/C5H11N.ClH/c1-2-4-3-5(4)6;/h4-5H,2-3,6H2,1H3;1H/t4-,5-;/m1./s1. The summed E-state index contributed by atoms with van der Waals surface area (Å²) in [6.07, 6.45) is 2.55. The molecular weight excluding hydrogens is 110 g/mol. The van der Waals surface area contributed by atoms with E-state index in [1.54, 1.807) is 0 Å². The van der Waals surface area contributed by atoms with E-state index in [0.29, 0.717) is 6.04 Å².